The molecule has 0 unspecified atom stereocenters. The third kappa shape index (κ3) is 4.45. The van der Waals surface area contributed by atoms with Gasteiger partial charge in [0.1, 0.15) is 18.2 Å². The molecule has 0 saturated heterocycles. The third-order valence-corrected chi connectivity index (χ3v) is 7.38. The Kier molecular flexibility index (Phi) is 6.02. The number of H-pyrrole nitrogens is 1. The molecule has 2 aromatic carbocycles. The fraction of sp³-hybridized carbons (Fsp3) is 0.379. The van der Waals surface area contributed by atoms with Gasteiger partial charge in [-0.3, -0.25) is 4.90 Å². The number of hydrogen-bond donors (Lipinski definition) is 1. The molecule has 2 aromatic heterocycles. The van der Waals surface area contributed by atoms with Crippen LogP contribution in [0.3, 0.4) is 0 Å². The van der Waals surface area contributed by atoms with Gasteiger partial charge in [-0.1, -0.05) is 55.7 Å². The lowest BCUT2D eigenvalue weighted by atomic mass is 9.88. The molecule has 1 N–H and O–H groups in total. The number of nitrogens with zero attached hydrogens (tertiary/aromatic N) is 3. The van der Waals surface area contributed by atoms with Crippen LogP contribution in [0.5, 0.6) is 5.75 Å². The van der Waals surface area contributed by atoms with Gasteiger partial charge >= 0.3 is 0 Å². The van der Waals surface area contributed by atoms with Crippen LogP contribution in [0.4, 0.5) is 0 Å². The van der Waals surface area contributed by atoms with Gasteiger partial charge in [-0.05, 0) is 36.1 Å². The first-order valence-electron chi connectivity index (χ1n) is 12.7. The Morgan fingerprint density at radius 3 is 2.76 bits per heavy atom. The standard InChI is InChI=1S/C29H32N4O/c1-3-8-21(9-4-1)20-34-27-13-7-12-26-28(27)24(17-30-26)19-33-15-14-25-23(18-33)16-31-29(32-25)22-10-5-2-6-11-22/h1,3-4,7-9,12-13,16-17,22,30H,2,5-6,10-11,14-15,18-20H2. The molecule has 3 heterocycles. The molecule has 0 radical (unpaired) electrons. The predicted octanol–water partition coefficient (Wildman–Crippen LogP) is 6.14. The number of benzene rings is 2. The summed E-state index contributed by atoms with van der Waals surface area (Å²) in [5.74, 6) is 2.59. The lowest BCUT2D eigenvalue weighted by molar-refractivity contribution is 0.242. The van der Waals surface area contributed by atoms with E-state index in [0.717, 1.165) is 43.1 Å². The molecule has 5 heteroatoms. The quantitative estimate of drug-likeness (QED) is 0.382. The zero-order valence-corrected chi connectivity index (χ0v) is 19.7. The SMILES string of the molecule is c1ccc(COc2cccc3[nH]cc(CN4CCc5nc(C6CCCCC6)ncc5C4)c23)cc1. The van der Waals surface area contributed by atoms with Crippen molar-refractivity contribution >= 4 is 10.9 Å². The van der Waals surface area contributed by atoms with Gasteiger partial charge < -0.3 is 9.72 Å². The van der Waals surface area contributed by atoms with Crippen molar-refractivity contribution in [3.8, 4) is 5.75 Å². The van der Waals surface area contributed by atoms with Crippen molar-refractivity contribution < 1.29 is 4.74 Å². The van der Waals surface area contributed by atoms with E-state index >= 15 is 0 Å². The molecule has 5 nitrogen and oxygen atoms in total. The highest BCUT2D eigenvalue weighted by atomic mass is 16.5. The molecular formula is C29H32N4O. The van der Waals surface area contributed by atoms with Crippen LogP contribution in [0, 0.1) is 0 Å². The molecule has 34 heavy (non-hydrogen) atoms. The fourth-order valence-corrected chi connectivity index (χ4v) is 5.52. The van der Waals surface area contributed by atoms with E-state index < -0.39 is 0 Å². The summed E-state index contributed by atoms with van der Waals surface area (Å²) in [5.41, 5.74) is 6.13. The number of aromatic amines is 1. The summed E-state index contributed by atoms with van der Waals surface area (Å²) in [6, 6.07) is 16.6. The normalized spacial score (nSPS) is 17.1. The van der Waals surface area contributed by atoms with Gasteiger partial charge in [0.25, 0.3) is 0 Å². The molecule has 0 atom stereocenters. The molecular weight excluding hydrogens is 420 g/mol. The predicted molar refractivity (Wildman–Crippen MR) is 135 cm³/mol. The number of nitrogens with one attached hydrogen (secondary N) is 1. The number of aromatic nitrogens is 3. The summed E-state index contributed by atoms with van der Waals surface area (Å²) in [7, 11) is 0. The van der Waals surface area contributed by atoms with Gasteiger partial charge in [0, 0.05) is 66.5 Å². The van der Waals surface area contributed by atoms with E-state index in [-0.39, 0.29) is 0 Å². The maximum Gasteiger partial charge on any atom is 0.131 e. The average Bonchev–Trinajstić information content (AvgIpc) is 3.31. The van der Waals surface area contributed by atoms with Crippen LogP contribution in [0.15, 0.2) is 60.9 Å². The first kappa shape index (κ1) is 21.4. The van der Waals surface area contributed by atoms with Crippen LogP contribution in [0.25, 0.3) is 10.9 Å². The summed E-state index contributed by atoms with van der Waals surface area (Å²) < 4.78 is 6.26. The fourth-order valence-electron chi connectivity index (χ4n) is 5.52. The highest BCUT2D eigenvalue weighted by Crippen LogP contribution is 2.33. The summed E-state index contributed by atoms with van der Waals surface area (Å²) in [6.07, 6.45) is 11.7. The molecule has 174 valence electrons. The van der Waals surface area contributed by atoms with Gasteiger partial charge in [-0.25, -0.2) is 9.97 Å². The molecule has 0 spiro atoms. The van der Waals surface area contributed by atoms with Gasteiger partial charge in [0.2, 0.25) is 0 Å². The Hall–Kier alpha value is -3.18. The zero-order valence-electron chi connectivity index (χ0n) is 19.7. The molecule has 1 fully saturated rings. The van der Waals surface area contributed by atoms with Crippen molar-refractivity contribution in [1.29, 1.82) is 0 Å². The third-order valence-electron chi connectivity index (χ3n) is 7.38. The van der Waals surface area contributed by atoms with E-state index in [1.807, 2.05) is 6.07 Å². The highest BCUT2D eigenvalue weighted by molar-refractivity contribution is 5.89. The second kappa shape index (κ2) is 9.59. The van der Waals surface area contributed by atoms with Crippen molar-refractivity contribution in [2.45, 2.75) is 64.1 Å². The molecule has 1 aliphatic carbocycles. The van der Waals surface area contributed by atoms with Crippen LogP contribution in [-0.4, -0.2) is 26.4 Å². The van der Waals surface area contributed by atoms with E-state index in [1.54, 1.807) is 0 Å². The minimum absolute atomic E-state index is 0.567. The molecule has 1 aliphatic heterocycles. The zero-order chi connectivity index (χ0) is 22.7. The average molecular weight is 453 g/mol. The minimum atomic E-state index is 0.567. The topological polar surface area (TPSA) is 54.0 Å². The number of fused-ring (bicyclic) bond motifs is 2. The lowest BCUT2D eigenvalue weighted by Crippen LogP contribution is -2.31. The Balaban J connectivity index is 1.18. The smallest absolute Gasteiger partial charge is 0.131 e. The Morgan fingerprint density at radius 1 is 1.00 bits per heavy atom. The molecule has 1 saturated carbocycles. The van der Waals surface area contributed by atoms with Gasteiger partial charge in [-0.15, -0.1) is 0 Å². The number of rotatable bonds is 6. The molecule has 0 bridgehead atoms. The van der Waals surface area contributed by atoms with E-state index in [0.29, 0.717) is 12.5 Å². The lowest BCUT2D eigenvalue weighted by Gasteiger charge is -2.29. The first-order valence-corrected chi connectivity index (χ1v) is 12.7. The monoisotopic (exact) mass is 452 g/mol. The van der Waals surface area contributed by atoms with E-state index in [9.17, 15) is 0 Å². The van der Waals surface area contributed by atoms with Crippen LogP contribution in [-0.2, 0) is 26.1 Å². The Morgan fingerprint density at radius 2 is 1.88 bits per heavy atom. The summed E-state index contributed by atoms with van der Waals surface area (Å²) in [5, 5.41) is 1.19. The van der Waals surface area contributed by atoms with Crippen molar-refractivity contribution in [2.75, 3.05) is 6.54 Å². The van der Waals surface area contributed by atoms with Crippen LogP contribution >= 0.6 is 0 Å². The van der Waals surface area contributed by atoms with E-state index in [2.05, 4.69) is 64.7 Å². The molecule has 2 aliphatic rings. The second-order valence-corrected chi connectivity index (χ2v) is 9.76. The van der Waals surface area contributed by atoms with E-state index in [4.69, 9.17) is 14.7 Å². The van der Waals surface area contributed by atoms with Gasteiger partial charge in [-0.2, -0.15) is 0 Å². The maximum atomic E-state index is 6.26. The molecule has 4 aromatic rings. The van der Waals surface area contributed by atoms with Crippen LogP contribution in [0.1, 0.15) is 66.2 Å². The van der Waals surface area contributed by atoms with Gasteiger partial charge in [0.15, 0.2) is 0 Å². The summed E-state index contributed by atoms with van der Waals surface area (Å²) >= 11 is 0. The maximum absolute atomic E-state index is 6.26. The van der Waals surface area contributed by atoms with E-state index in [1.165, 1.54) is 59.9 Å². The molecule has 0 amide bonds. The Labute approximate surface area is 201 Å². The van der Waals surface area contributed by atoms with Gasteiger partial charge in [0.05, 0.1) is 0 Å². The second-order valence-electron chi connectivity index (χ2n) is 9.76. The van der Waals surface area contributed by atoms with Crippen molar-refractivity contribution in [2.24, 2.45) is 0 Å². The highest BCUT2D eigenvalue weighted by Gasteiger charge is 2.23. The van der Waals surface area contributed by atoms with Crippen molar-refractivity contribution in [1.82, 2.24) is 19.9 Å². The number of hydrogen-bond acceptors (Lipinski definition) is 4. The van der Waals surface area contributed by atoms with Crippen molar-refractivity contribution in [3.63, 3.8) is 0 Å². The minimum Gasteiger partial charge on any atom is -0.488 e. The van der Waals surface area contributed by atoms with Crippen LogP contribution < -0.4 is 4.74 Å². The Bertz CT molecular complexity index is 1260. The van der Waals surface area contributed by atoms with Crippen LogP contribution in [0.2, 0.25) is 0 Å². The number of ether oxygens (including phenoxy) is 1. The summed E-state index contributed by atoms with van der Waals surface area (Å²) in [6.45, 7) is 3.38. The summed E-state index contributed by atoms with van der Waals surface area (Å²) in [4.78, 5) is 15.8. The molecule has 6 rings (SSSR count). The first-order chi connectivity index (χ1) is 16.8. The van der Waals surface area contributed by atoms with Crippen molar-refractivity contribution in [3.05, 3.63) is 89.1 Å². The largest absolute Gasteiger partial charge is 0.488 e.